The van der Waals surface area contributed by atoms with E-state index in [2.05, 4.69) is 12.7 Å². The number of rotatable bonds is 3. The Hall–Kier alpha value is -1.05. The molecule has 0 aromatic heterocycles. The van der Waals surface area contributed by atoms with Crippen LogP contribution in [0.3, 0.4) is 0 Å². The molecular formula is C11H16O2. The van der Waals surface area contributed by atoms with Gasteiger partial charge in [-0.1, -0.05) is 23.8 Å². The van der Waals surface area contributed by atoms with Crippen molar-refractivity contribution in [3.8, 4) is 0 Å². The third-order valence-electron chi connectivity index (χ3n) is 2.58. The molecule has 0 amide bonds. The second-order valence-electron chi connectivity index (χ2n) is 3.75. The van der Waals surface area contributed by atoms with Crippen LogP contribution in [0.25, 0.3) is 0 Å². The molecule has 1 atom stereocenters. The second-order valence-corrected chi connectivity index (χ2v) is 3.75. The Morgan fingerprint density at radius 1 is 1.77 bits per heavy atom. The molecule has 0 saturated heterocycles. The monoisotopic (exact) mass is 180 g/mol. The first-order valence-corrected chi connectivity index (χ1v) is 4.64. The van der Waals surface area contributed by atoms with Gasteiger partial charge in [-0.25, -0.2) is 0 Å². The SMILES string of the molecule is C=C(C)[C@H]1CC=C(CC(=O)O)CC1. The maximum Gasteiger partial charge on any atom is 0.307 e. The van der Waals surface area contributed by atoms with Gasteiger partial charge in [-0.05, 0) is 32.1 Å². The molecule has 72 valence electrons. The lowest BCUT2D eigenvalue weighted by molar-refractivity contribution is -0.136. The first-order valence-electron chi connectivity index (χ1n) is 4.64. The summed E-state index contributed by atoms with van der Waals surface area (Å²) in [6.07, 6.45) is 5.23. The van der Waals surface area contributed by atoms with Crippen LogP contribution in [-0.2, 0) is 4.79 Å². The Morgan fingerprint density at radius 3 is 2.85 bits per heavy atom. The highest BCUT2D eigenvalue weighted by Gasteiger charge is 2.15. The molecule has 0 aliphatic heterocycles. The quantitative estimate of drug-likeness (QED) is 0.678. The van der Waals surface area contributed by atoms with Gasteiger partial charge in [0.2, 0.25) is 0 Å². The molecule has 1 aliphatic carbocycles. The molecule has 0 aromatic carbocycles. The third-order valence-corrected chi connectivity index (χ3v) is 2.58. The number of hydrogen-bond acceptors (Lipinski definition) is 1. The van der Waals surface area contributed by atoms with Gasteiger partial charge >= 0.3 is 5.97 Å². The Balaban J connectivity index is 2.47. The fraction of sp³-hybridized carbons (Fsp3) is 0.545. The summed E-state index contributed by atoms with van der Waals surface area (Å²) in [4.78, 5) is 10.4. The van der Waals surface area contributed by atoms with Gasteiger partial charge in [0.15, 0.2) is 0 Å². The second kappa shape index (κ2) is 4.26. The smallest absolute Gasteiger partial charge is 0.307 e. The molecule has 1 N–H and O–H groups in total. The Labute approximate surface area is 79.0 Å². The van der Waals surface area contributed by atoms with Crippen LogP contribution in [0.4, 0.5) is 0 Å². The summed E-state index contributed by atoms with van der Waals surface area (Å²) in [5.74, 6) is -0.155. The number of aliphatic carboxylic acids is 1. The van der Waals surface area contributed by atoms with E-state index in [1.165, 1.54) is 5.57 Å². The fourth-order valence-electron chi connectivity index (χ4n) is 1.69. The predicted molar refractivity (Wildman–Crippen MR) is 52.5 cm³/mol. The lowest BCUT2D eigenvalue weighted by Crippen LogP contribution is -2.08. The van der Waals surface area contributed by atoms with Gasteiger partial charge < -0.3 is 5.11 Å². The van der Waals surface area contributed by atoms with Gasteiger partial charge in [-0.15, -0.1) is 0 Å². The van der Waals surface area contributed by atoms with Crippen LogP contribution >= 0.6 is 0 Å². The Kier molecular flexibility index (Phi) is 3.29. The summed E-state index contributed by atoms with van der Waals surface area (Å²) >= 11 is 0. The third kappa shape index (κ3) is 3.05. The summed E-state index contributed by atoms with van der Waals surface area (Å²) in [5, 5.41) is 8.58. The minimum absolute atomic E-state index is 0.211. The topological polar surface area (TPSA) is 37.3 Å². The summed E-state index contributed by atoms with van der Waals surface area (Å²) < 4.78 is 0. The summed E-state index contributed by atoms with van der Waals surface area (Å²) in [5.41, 5.74) is 2.29. The average Bonchev–Trinajstić information content (AvgIpc) is 2.04. The number of carboxylic acid groups (broad SMARTS) is 1. The van der Waals surface area contributed by atoms with Gasteiger partial charge in [0.05, 0.1) is 6.42 Å². The molecule has 0 heterocycles. The maximum atomic E-state index is 10.4. The van der Waals surface area contributed by atoms with Gasteiger partial charge in [0.25, 0.3) is 0 Å². The lowest BCUT2D eigenvalue weighted by Gasteiger charge is -2.21. The van der Waals surface area contributed by atoms with E-state index in [0.717, 1.165) is 24.8 Å². The highest BCUT2D eigenvalue weighted by atomic mass is 16.4. The minimum Gasteiger partial charge on any atom is -0.481 e. The van der Waals surface area contributed by atoms with Crippen LogP contribution in [0.1, 0.15) is 32.6 Å². The molecular weight excluding hydrogens is 164 g/mol. The van der Waals surface area contributed by atoms with Gasteiger partial charge in [-0.3, -0.25) is 4.79 Å². The minimum atomic E-state index is -0.722. The number of carboxylic acids is 1. The van der Waals surface area contributed by atoms with Crippen molar-refractivity contribution >= 4 is 5.97 Å². The molecule has 0 saturated carbocycles. The van der Waals surface area contributed by atoms with Crippen molar-refractivity contribution < 1.29 is 9.90 Å². The van der Waals surface area contributed by atoms with Crippen molar-refractivity contribution in [1.29, 1.82) is 0 Å². The number of allylic oxidation sites excluding steroid dienone is 2. The Morgan fingerprint density at radius 2 is 2.46 bits per heavy atom. The molecule has 0 fully saturated rings. The largest absolute Gasteiger partial charge is 0.481 e. The Bertz CT molecular complexity index is 251. The van der Waals surface area contributed by atoms with Crippen molar-refractivity contribution in [3.05, 3.63) is 23.8 Å². The predicted octanol–water partition coefficient (Wildman–Crippen LogP) is 2.76. The van der Waals surface area contributed by atoms with E-state index in [-0.39, 0.29) is 6.42 Å². The number of carbonyl (C=O) groups is 1. The summed E-state index contributed by atoms with van der Waals surface area (Å²) in [6.45, 7) is 5.96. The molecule has 0 unspecified atom stereocenters. The summed E-state index contributed by atoms with van der Waals surface area (Å²) in [6, 6.07) is 0. The van der Waals surface area contributed by atoms with Crippen molar-refractivity contribution in [1.82, 2.24) is 0 Å². The average molecular weight is 180 g/mol. The zero-order valence-electron chi connectivity index (χ0n) is 8.05. The van der Waals surface area contributed by atoms with E-state index in [4.69, 9.17) is 5.11 Å². The lowest BCUT2D eigenvalue weighted by atomic mass is 9.85. The fourth-order valence-corrected chi connectivity index (χ4v) is 1.69. The zero-order valence-corrected chi connectivity index (χ0v) is 8.05. The first-order chi connectivity index (χ1) is 6.09. The van der Waals surface area contributed by atoms with Gasteiger partial charge in [0.1, 0.15) is 0 Å². The van der Waals surface area contributed by atoms with E-state index < -0.39 is 5.97 Å². The zero-order chi connectivity index (χ0) is 9.84. The first kappa shape index (κ1) is 10.0. The van der Waals surface area contributed by atoms with Crippen molar-refractivity contribution in [3.63, 3.8) is 0 Å². The van der Waals surface area contributed by atoms with E-state index >= 15 is 0 Å². The molecule has 0 aromatic rings. The van der Waals surface area contributed by atoms with Gasteiger partial charge in [-0.2, -0.15) is 0 Å². The summed E-state index contributed by atoms with van der Waals surface area (Å²) in [7, 11) is 0. The highest BCUT2D eigenvalue weighted by Crippen LogP contribution is 2.29. The molecule has 0 radical (unpaired) electrons. The molecule has 2 heteroatoms. The molecule has 2 nitrogen and oxygen atoms in total. The van der Waals surface area contributed by atoms with Crippen LogP contribution in [0.2, 0.25) is 0 Å². The maximum absolute atomic E-state index is 10.4. The van der Waals surface area contributed by atoms with Crippen molar-refractivity contribution in [2.24, 2.45) is 5.92 Å². The molecule has 1 rings (SSSR count). The van der Waals surface area contributed by atoms with Crippen LogP contribution in [0.15, 0.2) is 23.8 Å². The van der Waals surface area contributed by atoms with Crippen molar-refractivity contribution in [2.75, 3.05) is 0 Å². The van der Waals surface area contributed by atoms with Crippen LogP contribution in [0, 0.1) is 5.92 Å². The van der Waals surface area contributed by atoms with Crippen molar-refractivity contribution in [2.45, 2.75) is 32.6 Å². The molecule has 13 heavy (non-hydrogen) atoms. The molecule has 1 aliphatic rings. The number of hydrogen-bond donors (Lipinski definition) is 1. The van der Waals surface area contributed by atoms with E-state index in [0.29, 0.717) is 5.92 Å². The standard InChI is InChI=1S/C11H16O2/c1-8(2)10-5-3-9(4-6-10)7-11(12)13/h3,10H,1,4-7H2,2H3,(H,12,13)/t10-/m0/s1. The van der Waals surface area contributed by atoms with E-state index in [9.17, 15) is 4.79 Å². The van der Waals surface area contributed by atoms with Crippen LogP contribution in [-0.4, -0.2) is 11.1 Å². The normalized spacial score (nSPS) is 22.2. The highest BCUT2D eigenvalue weighted by molar-refractivity contribution is 5.70. The molecule has 0 bridgehead atoms. The van der Waals surface area contributed by atoms with Gasteiger partial charge in [0, 0.05) is 0 Å². The van der Waals surface area contributed by atoms with E-state index in [1.54, 1.807) is 0 Å². The van der Waals surface area contributed by atoms with Crippen LogP contribution < -0.4 is 0 Å². The van der Waals surface area contributed by atoms with Crippen LogP contribution in [0.5, 0.6) is 0 Å². The van der Waals surface area contributed by atoms with E-state index in [1.807, 2.05) is 6.92 Å². The molecule has 0 spiro atoms.